The number of hydrogen-bond acceptors (Lipinski definition) is 0. The van der Waals surface area contributed by atoms with Gasteiger partial charge in [0, 0.05) is 15.6 Å². The molecular formula is C14H10Cl3F. The molecule has 0 aromatic heterocycles. The minimum Gasteiger partial charge on any atom is -0.207 e. The van der Waals surface area contributed by atoms with Gasteiger partial charge in [0.15, 0.2) is 0 Å². The fourth-order valence-corrected chi connectivity index (χ4v) is 2.34. The first-order valence-electron chi connectivity index (χ1n) is 5.40. The topological polar surface area (TPSA) is 0 Å². The van der Waals surface area contributed by atoms with Crippen molar-refractivity contribution in [2.75, 3.05) is 0 Å². The molecule has 18 heavy (non-hydrogen) atoms. The van der Waals surface area contributed by atoms with Crippen molar-refractivity contribution in [3.63, 3.8) is 0 Å². The Kier molecular flexibility index (Phi) is 4.50. The molecule has 2 aromatic rings. The summed E-state index contributed by atoms with van der Waals surface area (Å²) in [5.74, 6) is -0.339. The zero-order valence-corrected chi connectivity index (χ0v) is 11.6. The summed E-state index contributed by atoms with van der Waals surface area (Å²) in [7, 11) is 0. The standard InChI is InChI=1S/C14H10Cl3F/c15-10-3-1-9(2-4-10)7-13(17)12-8-11(16)5-6-14(12)18/h1-6,8,13H,7H2. The van der Waals surface area contributed by atoms with E-state index in [1.54, 1.807) is 18.2 Å². The van der Waals surface area contributed by atoms with E-state index in [1.807, 2.05) is 12.1 Å². The molecule has 2 rings (SSSR count). The van der Waals surface area contributed by atoms with Crippen molar-refractivity contribution in [2.45, 2.75) is 11.8 Å². The monoisotopic (exact) mass is 302 g/mol. The van der Waals surface area contributed by atoms with Crippen molar-refractivity contribution in [3.05, 3.63) is 69.5 Å². The molecule has 0 bridgehead atoms. The van der Waals surface area contributed by atoms with E-state index in [-0.39, 0.29) is 5.82 Å². The van der Waals surface area contributed by atoms with Gasteiger partial charge in [-0.1, -0.05) is 35.3 Å². The average molecular weight is 304 g/mol. The summed E-state index contributed by atoms with van der Waals surface area (Å²) in [5, 5.41) is 0.692. The minimum absolute atomic E-state index is 0.339. The third kappa shape index (κ3) is 3.38. The fraction of sp³-hybridized carbons (Fsp3) is 0.143. The normalized spacial score (nSPS) is 12.4. The van der Waals surface area contributed by atoms with Crippen LogP contribution in [0.2, 0.25) is 10.0 Å². The van der Waals surface area contributed by atoms with Gasteiger partial charge < -0.3 is 0 Å². The maximum absolute atomic E-state index is 13.6. The summed E-state index contributed by atoms with van der Waals surface area (Å²) >= 11 is 17.9. The zero-order valence-electron chi connectivity index (χ0n) is 9.34. The first-order valence-corrected chi connectivity index (χ1v) is 6.59. The lowest BCUT2D eigenvalue weighted by atomic mass is 10.0. The van der Waals surface area contributed by atoms with Crippen LogP contribution in [-0.2, 0) is 6.42 Å². The lowest BCUT2D eigenvalue weighted by Gasteiger charge is -2.11. The van der Waals surface area contributed by atoms with Crippen LogP contribution in [0.4, 0.5) is 4.39 Å². The predicted molar refractivity (Wildman–Crippen MR) is 75.2 cm³/mol. The number of hydrogen-bond donors (Lipinski definition) is 0. The summed E-state index contributed by atoms with van der Waals surface area (Å²) in [6.45, 7) is 0. The van der Waals surface area contributed by atoms with Crippen LogP contribution in [0.5, 0.6) is 0 Å². The van der Waals surface area contributed by atoms with Gasteiger partial charge in [-0.25, -0.2) is 4.39 Å². The molecule has 0 N–H and O–H groups in total. The molecule has 0 radical (unpaired) electrons. The van der Waals surface area contributed by atoms with Crippen molar-refractivity contribution in [3.8, 4) is 0 Å². The van der Waals surface area contributed by atoms with E-state index in [9.17, 15) is 4.39 Å². The predicted octanol–water partition coefficient (Wildman–Crippen LogP) is 5.66. The molecule has 0 fully saturated rings. The van der Waals surface area contributed by atoms with Crippen LogP contribution in [0.25, 0.3) is 0 Å². The highest BCUT2D eigenvalue weighted by Gasteiger charge is 2.14. The minimum atomic E-state index is -0.454. The van der Waals surface area contributed by atoms with Gasteiger partial charge in [0.25, 0.3) is 0 Å². The lowest BCUT2D eigenvalue weighted by Crippen LogP contribution is -1.99. The summed E-state index contributed by atoms with van der Waals surface area (Å²) in [4.78, 5) is 0. The molecule has 94 valence electrons. The van der Waals surface area contributed by atoms with E-state index in [0.29, 0.717) is 22.0 Å². The Labute approximate surface area is 120 Å². The highest BCUT2D eigenvalue weighted by Crippen LogP contribution is 2.29. The SMILES string of the molecule is Fc1ccc(Cl)cc1C(Cl)Cc1ccc(Cl)cc1. The Morgan fingerprint density at radius 3 is 2.22 bits per heavy atom. The first kappa shape index (κ1) is 13.7. The van der Waals surface area contributed by atoms with Gasteiger partial charge in [-0.05, 0) is 42.3 Å². The van der Waals surface area contributed by atoms with E-state index in [2.05, 4.69) is 0 Å². The van der Waals surface area contributed by atoms with Crippen molar-refractivity contribution in [1.82, 2.24) is 0 Å². The number of alkyl halides is 1. The quantitative estimate of drug-likeness (QED) is 0.642. The maximum atomic E-state index is 13.6. The van der Waals surface area contributed by atoms with Crippen LogP contribution in [0.3, 0.4) is 0 Å². The highest BCUT2D eigenvalue weighted by atomic mass is 35.5. The average Bonchev–Trinajstić information content (AvgIpc) is 2.35. The Balaban J connectivity index is 2.18. The number of benzene rings is 2. The van der Waals surface area contributed by atoms with Crippen molar-refractivity contribution in [2.24, 2.45) is 0 Å². The number of rotatable bonds is 3. The molecule has 0 aliphatic rings. The van der Waals surface area contributed by atoms with Crippen LogP contribution in [0.15, 0.2) is 42.5 Å². The van der Waals surface area contributed by atoms with Crippen molar-refractivity contribution >= 4 is 34.8 Å². The van der Waals surface area contributed by atoms with E-state index in [1.165, 1.54) is 12.1 Å². The molecule has 1 unspecified atom stereocenters. The molecule has 0 spiro atoms. The lowest BCUT2D eigenvalue weighted by molar-refractivity contribution is 0.606. The molecule has 0 saturated carbocycles. The Bertz CT molecular complexity index is 537. The van der Waals surface area contributed by atoms with Gasteiger partial charge >= 0.3 is 0 Å². The summed E-state index contributed by atoms with van der Waals surface area (Å²) in [5.41, 5.74) is 1.41. The first-order chi connectivity index (χ1) is 8.56. The second kappa shape index (κ2) is 5.92. The van der Waals surface area contributed by atoms with Gasteiger partial charge in [-0.15, -0.1) is 11.6 Å². The summed E-state index contributed by atoms with van der Waals surface area (Å²) in [6, 6.07) is 11.7. The molecule has 0 amide bonds. The molecule has 4 heteroatoms. The molecule has 1 atom stereocenters. The van der Waals surface area contributed by atoms with E-state index >= 15 is 0 Å². The summed E-state index contributed by atoms with van der Waals surface area (Å²) in [6.07, 6.45) is 0.524. The van der Waals surface area contributed by atoms with E-state index in [4.69, 9.17) is 34.8 Å². The zero-order chi connectivity index (χ0) is 13.1. The van der Waals surface area contributed by atoms with Crippen molar-refractivity contribution < 1.29 is 4.39 Å². The largest absolute Gasteiger partial charge is 0.207 e. The third-order valence-corrected chi connectivity index (χ3v) is 3.50. The maximum Gasteiger partial charge on any atom is 0.128 e. The summed E-state index contributed by atoms with van der Waals surface area (Å²) < 4.78 is 13.6. The van der Waals surface area contributed by atoms with Crippen LogP contribution in [-0.4, -0.2) is 0 Å². The van der Waals surface area contributed by atoms with Crippen LogP contribution in [0.1, 0.15) is 16.5 Å². The van der Waals surface area contributed by atoms with Gasteiger partial charge in [0.05, 0.1) is 5.38 Å². The Hall–Kier alpha value is -0.760. The Morgan fingerprint density at radius 2 is 1.56 bits per heavy atom. The molecule has 0 aliphatic heterocycles. The second-order valence-electron chi connectivity index (χ2n) is 3.96. The van der Waals surface area contributed by atoms with E-state index < -0.39 is 5.38 Å². The molecule has 0 heterocycles. The molecule has 2 aromatic carbocycles. The van der Waals surface area contributed by atoms with Crippen LogP contribution in [0, 0.1) is 5.82 Å². The third-order valence-electron chi connectivity index (χ3n) is 2.62. The van der Waals surface area contributed by atoms with Crippen LogP contribution < -0.4 is 0 Å². The van der Waals surface area contributed by atoms with Crippen molar-refractivity contribution in [1.29, 1.82) is 0 Å². The molecule has 0 aliphatic carbocycles. The molecular weight excluding hydrogens is 294 g/mol. The Morgan fingerprint density at radius 1 is 0.944 bits per heavy atom. The van der Waals surface area contributed by atoms with Crippen LogP contribution >= 0.6 is 34.8 Å². The smallest absolute Gasteiger partial charge is 0.128 e. The highest BCUT2D eigenvalue weighted by molar-refractivity contribution is 6.31. The van der Waals surface area contributed by atoms with Gasteiger partial charge in [0.2, 0.25) is 0 Å². The molecule has 0 saturated heterocycles. The van der Waals surface area contributed by atoms with E-state index in [0.717, 1.165) is 5.56 Å². The fourth-order valence-electron chi connectivity index (χ4n) is 1.69. The van der Waals surface area contributed by atoms with Gasteiger partial charge in [-0.3, -0.25) is 0 Å². The van der Waals surface area contributed by atoms with Gasteiger partial charge in [0.1, 0.15) is 5.82 Å². The molecule has 0 nitrogen and oxygen atoms in total. The van der Waals surface area contributed by atoms with Gasteiger partial charge in [-0.2, -0.15) is 0 Å². The number of halogens is 4. The second-order valence-corrected chi connectivity index (χ2v) is 5.36.